The molecule has 2 fully saturated rings. The van der Waals surface area contributed by atoms with Gasteiger partial charge in [-0.05, 0) is 69.2 Å². The lowest BCUT2D eigenvalue weighted by molar-refractivity contribution is 0.115. The molecule has 1 heteroatoms. The van der Waals surface area contributed by atoms with Crippen LogP contribution >= 0.6 is 0 Å². The molecule has 1 nitrogen and oxygen atoms in total. The van der Waals surface area contributed by atoms with Crippen LogP contribution in [0.1, 0.15) is 77.6 Å². The third-order valence-corrected chi connectivity index (χ3v) is 6.20. The Morgan fingerprint density at radius 3 is 2.65 bits per heavy atom. The summed E-state index contributed by atoms with van der Waals surface area (Å²) in [5.41, 5.74) is 1.76. The second-order valence-corrected chi connectivity index (χ2v) is 7.44. The fourth-order valence-corrected chi connectivity index (χ4v) is 5.18. The second-order valence-electron chi connectivity index (χ2n) is 7.44. The van der Waals surface area contributed by atoms with Crippen LogP contribution in [0.4, 0.5) is 0 Å². The lowest BCUT2D eigenvalue weighted by atomic mass is 9.65. The Kier molecular flexibility index (Phi) is 5.20. The molecule has 0 bridgehead atoms. The number of hydrogen-bond acceptors (Lipinski definition) is 1. The average Bonchev–Trinajstić information content (AvgIpc) is 2.53. The molecule has 0 aromatic rings. The van der Waals surface area contributed by atoms with Crippen LogP contribution in [0.2, 0.25) is 0 Å². The lowest BCUT2D eigenvalue weighted by Crippen LogP contribution is -2.42. The van der Waals surface area contributed by atoms with E-state index in [-0.39, 0.29) is 0 Å². The summed E-state index contributed by atoms with van der Waals surface area (Å²) < 4.78 is 0. The second kappa shape index (κ2) is 7.11. The maximum atomic E-state index is 3.85. The van der Waals surface area contributed by atoms with Gasteiger partial charge in [-0.15, -0.1) is 0 Å². The summed E-state index contributed by atoms with van der Waals surface area (Å²) >= 11 is 0. The summed E-state index contributed by atoms with van der Waals surface area (Å²) in [4.78, 5) is 0. The van der Waals surface area contributed by atoms with Crippen LogP contribution in [0.15, 0.2) is 11.6 Å². The number of nitrogens with one attached hydrogen (secondary N) is 1. The van der Waals surface area contributed by atoms with Crippen LogP contribution < -0.4 is 5.32 Å². The molecule has 0 saturated heterocycles. The summed E-state index contributed by atoms with van der Waals surface area (Å²) in [6, 6.07) is 0.711. The van der Waals surface area contributed by atoms with Gasteiger partial charge in [-0.1, -0.05) is 44.3 Å². The molecule has 4 atom stereocenters. The molecule has 114 valence electrons. The highest BCUT2D eigenvalue weighted by molar-refractivity contribution is 5.15. The zero-order valence-corrected chi connectivity index (χ0v) is 13.4. The summed E-state index contributed by atoms with van der Waals surface area (Å²) in [7, 11) is 0. The van der Waals surface area contributed by atoms with Gasteiger partial charge in [-0.2, -0.15) is 0 Å². The molecule has 4 unspecified atom stereocenters. The van der Waals surface area contributed by atoms with Gasteiger partial charge in [0, 0.05) is 6.04 Å². The number of fused-ring (bicyclic) bond motifs is 1. The third kappa shape index (κ3) is 3.30. The van der Waals surface area contributed by atoms with Crippen molar-refractivity contribution >= 4 is 0 Å². The van der Waals surface area contributed by atoms with E-state index < -0.39 is 0 Å². The van der Waals surface area contributed by atoms with Gasteiger partial charge in [0.1, 0.15) is 0 Å². The Morgan fingerprint density at radius 2 is 1.90 bits per heavy atom. The lowest BCUT2D eigenvalue weighted by Gasteiger charge is -2.43. The predicted molar refractivity (Wildman–Crippen MR) is 86.8 cm³/mol. The van der Waals surface area contributed by atoms with Gasteiger partial charge in [-0.25, -0.2) is 0 Å². The van der Waals surface area contributed by atoms with E-state index in [0.29, 0.717) is 6.04 Å². The van der Waals surface area contributed by atoms with Gasteiger partial charge in [0.15, 0.2) is 0 Å². The molecule has 0 amide bonds. The SMILES string of the molecule is CCNC(C1=CCCCC1)C1CCC2CCCCC2C1. The van der Waals surface area contributed by atoms with Gasteiger partial charge in [0.05, 0.1) is 0 Å². The summed E-state index contributed by atoms with van der Waals surface area (Å²) in [6.07, 6.45) is 18.7. The Morgan fingerprint density at radius 1 is 1.05 bits per heavy atom. The van der Waals surface area contributed by atoms with Crippen LogP contribution in [-0.4, -0.2) is 12.6 Å². The normalized spacial score (nSPS) is 36.0. The number of allylic oxidation sites excluding steroid dienone is 1. The summed E-state index contributed by atoms with van der Waals surface area (Å²) in [5, 5.41) is 3.85. The van der Waals surface area contributed by atoms with Gasteiger partial charge in [-0.3, -0.25) is 0 Å². The molecule has 3 aliphatic carbocycles. The largest absolute Gasteiger partial charge is 0.310 e. The van der Waals surface area contributed by atoms with Crippen LogP contribution in [0.5, 0.6) is 0 Å². The highest BCUT2D eigenvalue weighted by Gasteiger charge is 2.36. The number of rotatable bonds is 4. The van der Waals surface area contributed by atoms with Crippen molar-refractivity contribution in [1.82, 2.24) is 5.32 Å². The molecular formula is C19H33N. The van der Waals surface area contributed by atoms with E-state index in [1.54, 1.807) is 5.57 Å². The maximum absolute atomic E-state index is 3.85. The molecule has 0 spiro atoms. The van der Waals surface area contributed by atoms with E-state index in [4.69, 9.17) is 0 Å². The van der Waals surface area contributed by atoms with Crippen molar-refractivity contribution in [2.45, 2.75) is 83.6 Å². The topological polar surface area (TPSA) is 12.0 Å². The Labute approximate surface area is 125 Å². The minimum absolute atomic E-state index is 0.711. The molecule has 0 aliphatic heterocycles. The molecule has 1 N–H and O–H groups in total. The fraction of sp³-hybridized carbons (Fsp3) is 0.895. The molecule has 3 aliphatic rings. The third-order valence-electron chi connectivity index (χ3n) is 6.20. The first-order valence-electron chi connectivity index (χ1n) is 9.30. The van der Waals surface area contributed by atoms with Crippen molar-refractivity contribution in [2.75, 3.05) is 6.54 Å². The van der Waals surface area contributed by atoms with Crippen molar-refractivity contribution in [2.24, 2.45) is 17.8 Å². The van der Waals surface area contributed by atoms with E-state index in [2.05, 4.69) is 18.3 Å². The first-order chi connectivity index (χ1) is 9.88. The van der Waals surface area contributed by atoms with Crippen LogP contribution in [-0.2, 0) is 0 Å². The molecular weight excluding hydrogens is 242 g/mol. The summed E-state index contributed by atoms with van der Waals surface area (Å²) in [5.74, 6) is 3.08. The van der Waals surface area contributed by atoms with Crippen LogP contribution in [0, 0.1) is 17.8 Å². The van der Waals surface area contributed by atoms with E-state index >= 15 is 0 Å². The number of hydrogen-bond donors (Lipinski definition) is 1. The van der Waals surface area contributed by atoms with Crippen LogP contribution in [0.25, 0.3) is 0 Å². The van der Waals surface area contributed by atoms with Crippen molar-refractivity contribution in [3.63, 3.8) is 0 Å². The predicted octanol–water partition coefficient (Wildman–Crippen LogP) is 5.07. The zero-order valence-electron chi connectivity index (χ0n) is 13.4. The zero-order chi connectivity index (χ0) is 13.8. The Hall–Kier alpha value is -0.300. The Bertz CT molecular complexity index is 333. The Balaban J connectivity index is 1.66. The van der Waals surface area contributed by atoms with E-state index in [1.807, 2.05) is 0 Å². The van der Waals surface area contributed by atoms with Gasteiger partial charge in [0.2, 0.25) is 0 Å². The van der Waals surface area contributed by atoms with Crippen molar-refractivity contribution in [3.8, 4) is 0 Å². The number of likely N-dealkylation sites (N-methyl/N-ethyl adjacent to an activating group) is 1. The molecule has 0 aromatic carbocycles. The van der Waals surface area contributed by atoms with Crippen LogP contribution in [0.3, 0.4) is 0 Å². The maximum Gasteiger partial charge on any atom is 0.0307 e. The minimum Gasteiger partial charge on any atom is -0.310 e. The van der Waals surface area contributed by atoms with Gasteiger partial charge >= 0.3 is 0 Å². The molecule has 0 radical (unpaired) electrons. The van der Waals surface area contributed by atoms with Crippen molar-refractivity contribution < 1.29 is 0 Å². The van der Waals surface area contributed by atoms with E-state index in [9.17, 15) is 0 Å². The molecule has 20 heavy (non-hydrogen) atoms. The van der Waals surface area contributed by atoms with E-state index in [1.165, 1.54) is 70.6 Å². The fourth-order valence-electron chi connectivity index (χ4n) is 5.18. The molecule has 3 rings (SSSR count). The van der Waals surface area contributed by atoms with Gasteiger partial charge < -0.3 is 5.32 Å². The standard InChI is InChI=1S/C19H33N/c1-2-20-19(16-9-4-3-5-10-16)18-13-12-15-8-6-7-11-17(15)14-18/h9,15,17-20H,2-8,10-14H2,1H3. The van der Waals surface area contributed by atoms with Crippen molar-refractivity contribution in [3.05, 3.63) is 11.6 Å². The highest BCUT2D eigenvalue weighted by Crippen LogP contribution is 2.44. The van der Waals surface area contributed by atoms with Gasteiger partial charge in [0.25, 0.3) is 0 Å². The first kappa shape index (κ1) is 14.6. The monoisotopic (exact) mass is 275 g/mol. The van der Waals surface area contributed by atoms with E-state index in [0.717, 1.165) is 24.3 Å². The average molecular weight is 275 g/mol. The quantitative estimate of drug-likeness (QED) is 0.706. The molecule has 0 heterocycles. The molecule has 2 saturated carbocycles. The molecule has 0 aromatic heterocycles. The smallest absolute Gasteiger partial charge is 0.0307 e. The summed E-state index contributed by atoms with van der Waals surface area (Å²) in [6.45, 7) is 3.41. The first-order valence-corrected chi connectivity index (χ1v) is 9.30. The van der Waals surface area contributed by atoms with Crippen molar-refractivity contribution in [1.29, 1.82) is 0 Å². The highest BCUT2D eigenvalue weighted by atomic mass is 14.9. The minimum atomic E-state index is 0.711.